The lowest BCUT2D eigenvalue weighted by Crippen LogP contribution is -2.30. The van der Waals surface area contributed by atoms with Crippen LogP contribution >= 0.6 is 0 Å². The number of aromatic nitrogens is 1. The third-order valence-corrected chi connectivity index (χ3v) is 7.64. The van der Waals surface area contributed by atoms with Crippen molar-refractivity contribution < 1.29 is 4.79 Å². The highest BCUT2D eigenvalue weighted by Gasteiger charge is 2.20. The number of nitrogens with zero attached hydrogens (tertiary/aromatic N) is 2. The highest BCUT2D eigenvalue weighted by atomic mass is 16.1. The van der Waals surface area contributed by atoms with Crippen LogP contribution in [0.4, 0.5) is 11.4 Å². The Bertz CT molecular complexity index is 1340. The first-order valence-electron chi connectivity index (χ1n) is 13.3. The summed E-state index contributed by atoms with van der Waals surface area (Å²) in [6.45, 7) is 5.34. The van der Waals surface area contributed by atoms with Crippen LogP contribution in [0.3, 0.4) is 0 Å². The van der Waals surface area contributed by atoms with E-state index in [2.05, 4.69) is 52.7 Å². The van der Waals surface area contributed by atoms with Crippen molar-refractivity contribution in [2.75, 3.05) is 30.8 Å². The molecule has 1 fully saturated rings. The van der Waals surface area contributed by atoms with Crippen LogP contribution in [0, 0.1) is 5.92 Å². The monoisotopic (exact) mass is 492 g/mol. The van der Waals surface area contributed by atoms with Gasteiger partial charge in [-0.2, -0.15) is 0 Å². The number of carbonyl (C=O) groups excluding carboxylic acids is 1. The quantitative estimate of drug-likeness (QED) is 0.280. The van der Waals surface area contributed by atoms with E-state index in [1.165, 1.54) is 37.9 Å². The summed E-state index contributed by atoms with van der Waals surface area (Å²) >= 11 is 0. The predicted octanol–water partition coefficient (Wildman–Crippen LogP) is 6.93. The van der Waals surface area contributed by atoms with E-state index in [0.717, 1.165) is 33.8 Å². The first-order chi connectivity index (χ1) is 18.1. The van der Waals surface area contributed by atoms with Gasteiger partial charge in [-0.25, -0.2) is 0 Å². The summed E-state index contributed by atoms with van der Waals surface area (Å²) in [5.41, 5.74) is 5.70. The second-order valence-electron chi connectivity index (χ2n) is 10.3. The molecule has 2 heterocycles. The Kier molecular flexibility index (Phi) is 7.81. The first kappa shape index (κ1) is 25.0. The zero-order chi connectivity index (χ0) is 25.6. The Morgan fingerprint density at radius 1 is 0.973 bits per heavy atom. The van der Waals surface area contributed by atoms with Gasteiger partial charge in [0.2, 0.25) is 0 Å². The normalized spacial score (nSPS) is 15.4. The average Bonchev–Trinajstić information content (AvgIpc) is 2.93. The average molecular weight is 493 g/mol. The van der Waals surface area contributed by atoms with Gasteiger partial charge in [-0.3, -0.25) is 9.78 Å². The third kappa shape index (κ3) is 6.17. The van der Waals surface area contributed by atoms with E-state index >= 15 is 0 Å². The summed E-state index contributed by atoms with van der Waals surface area (Å²) in [5, 5.41) is 7.66. The predicted molar refractivity (Wildman–Crippen MR) is 153 cm³/mol. The van der Waals surface area contributed by atoms with E-state index in [1.54, 1.807) is 0 Å². The van der Waals surface area contributed by atoms with Gasteiger partial charge in [0.1, 0.15) is 0 Å². The fourth-order valence-electron chi connectivity index (χ4n) is 5.36. The standard InChI is InChI=1S/C32H36N4O/c1-23(21-24-16-19-36(2)20-17-24)25-11-13-27(14-12-25)35-32(37)29-8-4-6-10-31(29)34-22-26-15-18-33-30-9-5-3-7-28(26)30/h3-15,18,23-24,34H,16-17,19-22H2,1-2H3,(H,35,37). The Morgan fingerprint density at radius 2 is 1.70 bits per heavy atom. The molecule has 1 unspecified atom stereocenters. The molecule has 1 atom stereocenters. The number of nitrogens with one attached hydrogen (secondary N) is 2. The molecule has 0 radical (unpaired) electrons. The van der Waals surface area contributed by atoms with Crippen molar-refractivity contribution >= 4 is 28.2 Å². The molecule has 0 bridgehead atoms. The summed E-state index contributed by atoms with van der Waals surface area (Å²) in [4.78, 5) is 20.1. The molecule has 37 heavy (non-hydrogen) atoms. The molecule has 0 saturated carbocycles. The first-order valence-corrected chi connectivity index (χ1v) is 13.3. The highest BCUT2D eigenvalue weighted by Crippen LogP contribution is 2.30. The number of benzene rings is 3. The maximum Gasteiger partial charge on any atom is 0.257 e. The summed E-state index contributed by atoms with van der Waals surface area (Å²) in [6, 6.07) is 26.2. The minimum atomic E-state index is -0.116. The van der Waals surface area contributed by atoms with Crippen LogP contribution in [0.15, 0.2) is 85.1 Å². The van der Waals surface area contributed by atoms with Crippen molar-refractivity contribution in [2.24, 2.45) is 5.92 Å². The summed E-state index contributed by atoms with van der Waals surface area (Å²) < 4.78 is 0. The van der Waals surface area contributed by atoms with Gasteiger partial charge < -0.3 is 15.5 Å². The smallest absolute Gasteiger partial charge is 0.257 e. The maximum atomic E-state index is 13.2. The highest BCUT2D eigenvalue weighted by molar-refractivity contribution is 6.08. The Labute approximate surface area is 219 Å². The molecule has 4 aromatic rings. The SMILES string of the molecule is CC(CC1CCN(C)CC1)c1ccc(NC(=O)c2ccccc2NCc2ccnc3ccccc23)cc1. The molecule has 1 amide bonds. The molecular weight excluding hydrogens is 456 g/mol. The summed E-state index contributed by atoms with van der Waals surface area (Å²) in [5.74, 6) is 1.21. The zero-order valence-corrected chi connectivity index (χ0v) is 21.8. The Hall–Kier alpha value is -3.70. The van der Waals surface area contributed by atoms with E-state index in [-0.39, 0.29) is 5.91 Å². The number of para-hydroxylation sites is 2. The molecule has 0 aliphatic carbocycles. The Morgan fingerprint density at radius 3 is 2.51 bits per heavy atom. The number of pyridine rings is 1. The van der Waals surface area contributed by atoms with Crippen LogP contribution in [0.25, 0.3) is 10.9 Å². The van der Waals surface area contributed by atoms with Crippen LogP contribution in [-0.4, -0.2) is 35.9 Å². The topological polar surface area (TPSA) is 57.3 Å². The Balaban J connectivity index is 1.22. The van der Waals surface area contributed by atoms with Gasteiger partial charge in [-0.1, -0.05) is 49.4 Å². The molecule has 190 valence electrons. The van der Waals surface area contributed by atoms with Crippen LogP contribution in [0.5, 0.6) is 0 Å². The van der Waals surface area contributed by atoms with E-state index in [4.69, 9.17) is 0 Å². The number of piperidine rings is 1. The lowest BCUT2D eigenvalue weighted by Gasteiger charge is -2.30. The van der Waals surface area contributed by atoms with Crippen LogP contribution in [0.2, 0.25) is 0 Å². The van der Waals surface area contributed by atoms with Crippen molar-refractivity contribution in [3.63, 3.8) is 0 Å². The van der Waals surface area contributed by atoms with Gasteiger partial charge in [0.15, 0.2) is 0 Å². The molecular formula is C32H36N4O. The number of hydrogen-bond acceptors (Lipinski definition) is 4. The molecule has 0 spiro atoms. The molecule has 1 aliphatic heterocycles. The van der Waals surface area contributed by atoms with Gasteiger partial charge in [0.05, 0.1) is 11.1 Å². The minimum Gasteiger partial charge on any atom is -0.380 e. The van der Waals surface area contributed by atoms with Crippen LogP contribution in [0.1, 0.15) is 53.6 Å². The number of anilines is 2. The summed E-state index contributed by atoms with van der Waals surface area (Å²) in [6.07, 6.45) is 5.64. The van der Waals surface area contributed by atoms with Crippen molar-refractivity contribution in [3.05, 3.63) is 102 Å². The van der Waals surface area contributed by atoms with Gasteiger partial charge >= 0.3 is 0 Å². The molecule has 1 aromatic heterocycles. The van der Waals surface area contributed by atoms with Crippen molar-refractivity contribution in [1.29, 1.82) is 0 Å². The lowest BCUT2D eigenvalue weighted by atomic mass is 9.85. The van der Waals surface area contributed by atoms with Crippen LogP contribution in [-0.2, 0) is 6.54 Å². The van der Waals surface area contributed by atoms with Gasteiger partial charge in [0.25, 0.3) is 5.91 Å². The molecule has 5 heteroatoms. The number of fused-ring (bicyclic) bond motifs is 1. The summed E-state index contributed by atoms with van der Waals surface area (Å²) in [7, 11) is 2.21. The molecule has 5 nitrogen and oxygen atoms in total. The van der Waals surface area contributed by atoms with Gasteiger partial charge in [0, 0.05) is 29.5 Å². The second kappa shape index (κ2) is 11.6. The van der Waals surface area contributed by atoms with Crippen molar-refractivity contribution in [2.45, 2.75) is 38.6 Å². The number of rotatable bonds is 8. The van der Waals surface area contributed by atoms with Crippen LogP contribution < -0.4 is 10.6 Å². The number of carbonyl (C=O) groups is 1. The molecule has 1 aliphatic rings. The van der Waals surface area contributed by atoms with Gasteiger partial charge in [-0.05, 0) is 98.8 Å². The molecule has 2 N–H and O–H groups in total. The third-order valence-electron chi connectivity index (χ3n) is 7.64. The largest absolute Gasteiger partial charge is 0.380 e. The fourth-order valence-corrected chi connectivity index (χ4v) is 5.36. The molecule has 5 rings (SSSR count). The lowest BCUT2D eigenvalue weighted by molar-refractivity contribution is 0.102. The van der Waals surface area contributed by atoms with E-state index in [1.807, 2.05) is 66.9 Å². The second-order valence-corrected chi connectivity index (χ2v) is 10.3. The molecule has 3 aromatic carbocycles. The zero-order valence-electron chi connectivity index (χ0n) is 21.8. The fraction of sp³-hybridized carbons (Fsp3) is 0.312. The van der Waals surface area contributed by atoms with E-state index < -0.39 is 0 Å². The minimum absolute atomic E-state index is 0.116. The number of amides is 1. The van der Waals surface area contributed by atoms with E-state index in [9.17, 15) is 4.79 Å². The number of hydrogen-bond donors (Lipinski definition) is 2. The maximum absolute atomic E-state index is 13.2. The van der Waals surface area contributed by atoms with Crippen molar-refractivity contribution in [1.82, 2.24) is 9.88 Å². The van der Waals surface area contributed by atoms with Gasteiger partial charge in [-0.15, -0.1) is 0 Å². The number of likely N-dealkylation sites (tertiary alicyclic amines) is 1. The van der Waals surface area contributed by atoms with E-state index in [0.29, 0.717) is 18.0 Å². The van der Waals surface area contributed by atoms with Crippen molar-refractivity contribution in [3.8, 4) is 0 Å². The molecule has 1 saturated heterocycles.